The molecule has 0 saturated carbocycles. The van der Waals surface area contributed by atoms with Crippen LogP contribution in [0.1, 0.15) is 284 Å². The van der Waals surface area contributed by atoms with E-state index < -0.39 is 26.6 Å². The fourth-order valence-electron chi connectivity index (χ4n) is 9.23. The highest BCUT2D eigenvalue weighted by molar-refractivity contribution is 7.45. The Morgan fingerprint density at radius 2 is 0.795 bits per heavy atom. The number of likely N-dealkylation sites (N-methyl/N-ethyl adjacent to an activating group) is 1. The number of hydrogen-bond acceptors (Lipinski definition) is 6. The molecule has 78 heavy (non-hydrogen) atoms. The van der Waals surface area contributed by atoms with Crippen LogP contribution in [0.25, 0.3) is 0 Å². The van der Waals surface area contributed by atoms with Crippen molar-refractivity contribution in [3.8, 4) is 0 Å². The second-order valence-corrected chi connectivity index (χ2v) is 24.5. The van der Waals surface area contributed by atoms with Crippen LogP contribution in [0.4, 0.5) is 0 Å². The Bertz CT molecular complexity index is 1590. The van der Waals surface area contributed by atoms with Crippen LogP contribution in [0.2, 0.25) is 0 Å². The van der Waals surface area contributed by atoms with Gasteiger partial charge in [-0.05, 0) is 83.5 Å². The molecule has 1 amide bonds. The summed E-state index contributed by atoms with van der Waals surface area (Å²) in [5.74, 6) is -0.206. The first-order valence-corrected chi connectivity index (χ1v) is 34.1. The molecule has 9 heteroatoms. The van der Waals surface area contributed by atoms with Crippen LogP contribution >= 0.6 is 7.82 Å². The molecule has 3 unspecified atom stereocenters. The maximum absolute atomic E-state index is 13.0. The van der Waals surface area contributed by atoms with Gasteiger partial charge in [0.05, 0.1) is 39.9 Å². The zero-order valence-electron chi connectivity index (χ0n) is 51.6. The third kappa shape index (κ3) is 61.0. The number of quaternary nitrogens is 1. The number of phosphoric acid groups is 1. The molecule has 0 aromatic rings. The number of hydrogen-bond donors (Lipinski definition) is 2. The molecule has 0 aliphatic rings. The average molecular weight is 1110 g/mol. The van der Waals surface area contributed by atoms with Crippen molar-refractivity contribution in [3.05, 3.63) is 97.2 Å². The number of nitrogens with one attached hydrogen (secondary N) is 1. The van der Waals surface area contributed by atoms with Crippen LogP contribution in [-0.4, -0.2) is 68.5 Å². The maximum Gasteiger partial charge on any atom is 0.268 e. The fourth-order valence-corrected chi connectivity index (χ4v) is 9.96. The number of carbonyl (C=O) groups is 1. The van der Waals surface area contributed by atoms with E-state index in [1.807, 2.05) is 27.2 Å². The molecule has 0 aliphatic heterocycles. The van der Waals surface area contributed by atoms with Gasteiger partial charge < -0.3 is 28.8 Å². The van der Waals surface area contributed by atoms with Crippen LogP contribution < -0.4 is 10.2 Å². The van der Waals surface area contributed by atoms with Crippen molar-refractivity contribution < 1.29 is 32.9 Å². The Morgan fingerprint density at radius 3 is 1.19 bits per heavy atom. The topological polar surface area (TPSA) is 108 Å². The Balaban J connectivity index is 4.06. The minimum Gasteiger partial charge on any atom is -0.756 e. The summed E-state index contributed by atoms with van der Waals surface area (Å²) in [7, 11) is 1.24. The summed E-state index contributed by atoms with van der Waals surface area (Å²) in [6.45, 7) is 4.53. The highest BCUT2D eigenvalue weighted by Gasteiger charge is 2.23. The number of unbranched alkanes of at least 4 members (excludes halogenated alkanes) is 32. The van der Waals surface area contributed by atoms with Gasteiger partial charge in [-0.1, -0.05) is 291 Å². The van der Waals surface area contributed by atoms with Crippen molar-refractivity contribution in [3.63, 3.8) is 0 Å². The lowest BCUT2D eigenvalue weighted by molar-refractivity contribution is -0.870. The molecule has 0 bridgehead atoms. The Morgan fingerprint density at radius 1 is 0.462 bits per heavy atom. The van der Waals surface area contributed by atoms with Gasteiger partial charge in [-0.3, -0.25) is 9.36 Å². The lowest BCUT2D eigenvalue weighted by atomic mass is 10.0. The van der Waals surface area contributed by atoms with Gasteiger partial charge in [0, 0.05) is 6.42 Å². The Labute approximate surface area is 483 Å². The summed E-state index contributed by atoms with van der Waals surface area (Å²) < 4.78 is 23.4. The Kier molecular flexibility index (Phi) is 57.1. The summed E-state index contributed by atoms with van der Waals surface area (Å²) in [6.07, 6.45) is 85.1. The summed E-state index contributed by atoms with van der Waals surface area (Å²) in [5.41, 5.74) is 0. The number of amides is 1. The van der Waals surface area contributed by atoms with Gasteiger partial charge in [0.25, 0.3) is 7.82 Å². The van der Waals surface area contributed by atoms with Crippen molar-refractivity contribution in [2.45, 2.75) is 296 Å². The van der Waals surface area contributed by atoms with E-state index in [-0.39, 0.29) is 12.5 Å². The van der Waals surface area contributed by atoms with Crippen LogP contribution in [0.15, 0.2) is 97.2 Å². The first-order valence-electron chi connectivity index (χ1n) is 32.6. The van der Waals surface area contributed by atoms with E-state index in [0.717, 1.165) is 77.0 Å². The highest BCUT2D eigenvalue weighted by atomic mass is 31.2. The van der Waals surface area contributed by atoms with Gasteiger partial charge in [-0.15, -0.1) is 0 Å². The third-order valence-electron chi connectivity index (χ3n) is 14.3. The van der Waals surface area contributed by atoms with Crippen molar-refractivity contribution in [1.82, 2.24) is 5.32 Å². The number of aliphatic hydroxyl groups excluding tert-OH is 1. The standard InChI is InChI=1S/C69H125N2O6P/c1-6-8-10-12-14-16-18-20-22-24-26-27-28-29-30-31-32-33-34-35-36-37-38-39-40-41-42-43-45-47-49-51-53-55-57-59-61-63-69(73)70-67(66-77-78(74,75)76-65-64-71(3,4)5)68(72)62-60-58-56-54-52-50-48-46-44-25-23-21-19-17-15-13-11-9-7-2/h8,10,14,16,20,22,26-27,29-30,32-33,52,54,60,62,67-68,72H,6-7,9,11-13,15,17-19,21,23-25,28,31,34-51,53,55-59,61,63-66H2,1-5H3,(H-,70,73,74,75)/b10-8-,16-14-,22-20-,27-26-,30-29-,33-32-,54-52+,62-60+. The highest BCUT2D eigenvalue weighted by Crippen LogP contribution is 2.38. The smallest absolute Gasteiger partial charge is 0.268 e. The first kappa shape index (κ1) is 75.4. The summed E-state index contributed by atoms with van der Waals surface area (Å²) in [6, 6.07) is -0.907. The van der Waals surface area contributed by atoms with Gasteiger partial charge in [0.15, 0.2) is 0 Å². The van der Waals surface area contributed by atoms with E-state index in [4.69, 9.17) is 9.05 Å². The molecule has 3 atom stereocenters. The molecule has 0 heterocycles. The average Bonchev–Trinajstić information content (AvgIpc) is 3.41. The molecule has 0 aromatic carbocycles. The molecule has 0 fully saturated rings. The van der Waals surface area contributed by atoms with E-state index in [1.165, 1.54) is 186 Å². The lowest BCUT2D eigenvalue weighted by Crippen LogP contribution is -2.45. The molecule has 0 saturated heterocycles. The summed E-state index contributed by atoms with van der Waals surface area (Å²) >= 11 is 0. The second kappa shape index (κ2) is 59.1. The van der Waals surface area contributed by atoms with E-state index in [2.05, 4.69) is 104 Å². The quantitative estimate of drug-likeness (QED) is 0.0272. The molecule has 2 N–H and O–H groups in total. The number of nitrogens with zero attached hydrogens (tertiary/aromatic N) is 1. The first-order chi connectivity index (χ1) is 38.0. The van der Waals surface area contributed by atoms with Crippen molar-refractivity contribution in [1.29, 1.82) is 0 Å². The van der Waals surface area contributed by atoms with E-state index in [0.29, 0.717) is 17.4 Å². The number of aliphatic hydroxyl groups is 1. The van der Waals surface area contributed by atoms with Crippen LogP contribution in [0.3, 0.4) is 0 Å². The minimum absolute atomic E-state index is 0.00822. The molecule has 8 nitrogen and oxygen atoms in total. The molecule has 0 spiro atoms. The third-order valence-corrected chi connectivity index (χ3v) is 15.2. The molecule has 0 rings (SSSR count). The minimum atomic E-state index is -4.61. The van der Waals surface area contributed by atoms with Gasteiger partial charge >= 0.3 is 0 Å². The molecular formula is C69H125N2O6P. The summed E-state index contributed by atoms with van der Waals surface area (Å²) in [5, 5.41) is 13.9. The van der Waals surface area contributed by atoms with Crippen molar-refractivity contribution >= 4 is 13.7 Å². The molecule has 452 valence electrons. The zero-order valence-corrected chi connectivity index (χ0v) is 52.5. The fraction of sp³-hybridized carbons (Fsp3) is 0.754. The van der Waals surface area contributed by atoms with Gasteiger partial charge in [-0.25, -0.2) is 0 Å². The maximum atomic E-state index is 13.0. The van der Waals surface area contributed by atoms with Gasteiger partial charge in [0.1, 0.15) is 13.2 Å². The lowest BCUT2D eigenvalue weighted by Gasteiger charge is -2.29. The van der Waals surface area contributed by atoms with E-state index >= 15 is 0 Å². The molecular weight excluding hydrogens is 984 g/mol. The number of rotatable bonds is 59. The Hall–Kier alpha value is -2.58. The largest absolute Gasteiger partial charge is 0.756 e. The zero-order chi connectivity index (χ0) is 57.0. The van der Waals surface area contributed by atoms with Crippen molar-refractivity contribution in [2.24, 2.45) is 0 Å². The van der Waals surface area contributed by atoms with Gasteiger partial charge in [0.2, 0.25) is 5.91 Å². The molecule has 0 aromatic heterocycles. The van der Waals surface area contributed by atoms with Crippen LogP contribution in [0.5, 0.6) is 0 Å². The van der Waals surface area contributed by atoms with Crippen molar-refractivity contribution in [2.75, 3.05) is 40.9 Å². The van der Waals surface area contributed by atoms with E-state index in [1.54, 1.807) is 6.08 Å². The summed E-state index contributed by atoms with van der Waals surface area (Å²) in [4.78, 5) is 25.6. The number of carbonyl (C=O) groups excluding carboxylic acids is 1. The van der Waals surface area contributed by atoms with E-state index in [9.17, 15) is 19.4 Å². The molecule has 0 radical (unpaired) electrons. The predicted octanol–water partition coefficient (Wildman–Crippen LogP) is 19.9. The predicted molar refractivity (Wildman–Crippen MR) is 339 cm³/mol. The monoisotopic (exact) mass is 1110 g/mol. The SMILES string of the molecule is CC/C=C\C/C=C\C/C=C\C/C=C\C/C=C\C/C=C\CCCCCCCCCCCCCCCCCCCCC(=O)NC(COP(=O)([O-])OCC[N+](C)(C)C)C(O)/C=C/CC/C=C/CCCCCCCCCCCCCCC. The normalized spacial score (nSPS) is 14.4. The second-order valence-electron chi connectivity index (χ2n) is 23.1. The molecule has 0 aliphatic carbocycles. The number of phosphoric ester groups is 1. The van der Waals surface area contributed by atoms with Crippen LogP contribution in [-0.2, 0) is 18.4 Å². The van der Waals surface area contributed by atoms with Crippen LogP contribution in [0, 0.1) is 0 Å². The number of allylic oxidation sites excluding steroid dienone is 15. The van der Waals surface area contributed by atoms with Gasteiger partial charge in [-0.2, -0.15) is 0 Å².